The summed E-state index contributed by atoms with van der Waals surface area (Å²) >= 11 is 1.60. The van der Waals surface area contributed by atoms with E-state index in [1.807, 2.05) is 12.3 Å². The highest BCUT2D eigenvalue weighted by atomic mass is 32.2. The predicted molar refractivity (Wildman–Crippen MR) is 66.7 cm³/mol. The van der Waals surface area contributed by atoms with E-state index in [9.17, 15) is 4.79 Å². The minimum Gasteiger partial charge on any atom is -0.508 e. The van der Waals surface area contributed by atoms with Crippen LogP contribution in [0.2, 0.25) is 0 Å². The van der Waals surface area contributed by atoms with Gasteiger partial charge in [-0.3, -0.25) is 4.79 Å². The largest absolute Gasteiger partial charge is 0.508 e. The first-order chi connectivity index (χ1) is 7.57. The van der Waals surface area contributed by atoms with Crippen LogP contribution in [-0.2, 0) is 4.79 Å². The Morgan fingerprint density at radius 1 is 1.44 bits per heavy atom. The highest BCUT2D eigenvalue weighted by molar-refractivity contribution is 7.98. The van der Waals surface area contributed by atoms with Crippen molar-refractivity contribution in [3.8, 4) is 5.75 Å². The molecule has 0 aromatic heterocycles. The maximum absolute atomic E-state index is 10.1. The molecule has 4 N–H and O–H groups in total. The van der Waals surface area contributed by atoms with Crippen LogP contribution in [0.15, 0.2) is 30.3 Å². The molecule has 0 saturated carbocycles. The van der Waals surface area contributed by atoms with Gasteiger partial charge in [-0.2, -0.15) is 11.8 Å². The molecule has 1 atom stereocenters. The molecule has 0 heterocycles. The van der Waals surface area contributed by atoms with Crippen LogP contribution in [0.4, 0.5) is 0 Å². The zero-order chi connectivity index (χ0) is 12.4. The SMILES string of the molecule is CSCCC(N)C(=O)O.Oc1ccccc1. The van der Waals surface area contributed by atoms with Gasteiger partial charge in [-0.1, -0.05) is 18.2 Å². The fraction of sp³-hybridized carbons (Fsp3) is 0.364. The molecule has 16 heavy (non-hydrogen) atoms. The molecule has 0 aliphatic carbocycles. The summed E-state index contributed by atoms with van der Waals surface area (Å²) in [6, 6.07) is 8.03. The molecule has 0 fully saturated rings. The molecule has 1 rings (SSSR count). The summed E-state index contributed by atoms with van der Waals surface area (Å²) < 4.78 is 0. The molecule has 0 radical (unpaired) electrons. The van der Waals surface area contributed by atoms with Gasteiger partial charge in [-0.05, 0) is 30.6 Å². The molecule has 5 heteroatoms. The molecule has 0 aliphatic heterocycles. The summed E-state index contributed by atoms with van der Waals surface area (Å²) in [5.41, 5.74) is 5.19. The molecule has 0 bridgehead atoms. The number of carboxylic acids is 1. The van der Waals surface area contributed by atoms with Gasteiger partial charge in [0.15, 0.2) is 0 Å². The van der Waals surface area contributed by atoms with Crippen LogP contribution in [-0.4, -0.2) is 34.2 Å². The van der Waals surface area contributed by atoms with Gasteiger partial charge in [-0.15, -0.1) is 0 Å². The number of aromatic hydroxyl groups is 1. The van der Waals surface area contributed by atoms with E-state index in [1.165, 1.54) is 0 Å². The van der Waals surface area contributed by atoms with Crippen molar-refractivity contribution in [2.75, 3.05) is 12.0 Å². The summed E-state index contributed by atoms with van der Waals surface area (Å²) in [6.07, 6.45) is 2.48. The van der Waals surface area contributed by atoms with Gasteiger partial charge < -0.3 is 15.9 Å². The number of rotatable bonds is 4. The van der Waals surface area contributed by atoms with Crippen molar-refractivity contribution >= 4 is 17.7 Å². The zero-order valence-electron chi connectivity index (χ0n) is 9.17. The first-order valence-electron chi connectivity index (χ1n) is 4.79. The molecule has 1 unspecified atom stereocenters. The third-order valence-corrected chi connectivity index (χ3v) is 2.35. The maximum Gasteiger partial charge on any atom is 0.320 e. The van der Waals surface area contributed by atoms with Crippen LogP contribution in [0.25, 0.3) is 0 Å². The second-order valence-electron chi connectivity index (χ2n) is 3.06. The van der Waals surface area contributed by atoms with Crippen LogP contribution in [0.3, 0.4) is 0 Å². The van der Waals surface area contributed by atoms with Gasteiger partial charge in [0, 0.05) is 0 Å². The average molecular weight is 243 g/mol. The smallest absolute Gasteiger partial charge is 0.320 e. The van der Waals surface area contributed by atoms with Gasteiger partial charge in [-0.25, -0.2) is 0 Å². The molecule has 90 valence electrons. The van der Waals surface area contributed by atoms with Crippen molar-refractivity contribution in [2.45, 2.75) is 12.5 Å². The van der Waals surface area contributed by atoms with Gasteiger partial charge in [0.05, 0.1) is 0 Å². The zero-order valence-corrected chi connectivity index (χ0v) is 9.98. The Kier molecular flexibility index (Phi) is 8.38. The van der Waals surface area contributed by atoms with Gasteiger partial charge in [0.25, 0.3) is 0 Å². The molecule has 0 saturated heterocycles. The molecular weight excluding hydrogens is 226 g/mol. The normalized spacial score (nSPS) is 11.1. The molecule has 0 spiro atoms. The lowest BCUT2D eigenvalue weighted by Gasteiger charge is -2.02. The Balaban J connectivity index is 0.000000288. The predicted octanol–water partition coefficient (Wildman–Crippen LogP) is 1.54. The lowest BCUT2D eigenvalue weighted by molar-refractivity contribution is -0.138. The summed E-state index contributed by atoms with van der Waals surface area (Å²) in [5.74, 6) is 0.222. The number of thioether (sulfide) groups is 1. The first kappa shape index (κ1) is 14.8. The maximum atomic E-state index is 10.1. The number of hydrogen-bond donors (Lipinski definition) is 3. The van der Waals surface area contributed by atoms with E-state index in [0.717, 1.165) is 5.75 Å². The molecule has 1 aromatic carbocycles. The second-order valence-corrected chi connectivity index (χ2v) is 4.05. The number of hydrogen-bond acceptors (Lipinski definition) is 4. The number of carbonyl (C=O) groups is 1. The fourth-order valence-corrected chi connectivity index (χ4v) is 1.29. The van der Waals surface area contributed by atoms with Crippen molar-refractivity contribution in [2.24, 2.45) is 5.73 Å². The van der Waals surface area contributed by atoms with Crippen LogP contribution < -0.4 is 5.73 Å². The Morgan fingerprint density at radius 2 is 2.00 bits per heavy atom. The number of phenolic OH excluding ortho intramolecular Hbond substituents is 1. The monoisotopic (exact) mass is 243 g/mol. The lowest BCUT2D eigenvalue weighted by atomic mass is 10.2. The van der Waals surface area contributed by atoms with E-state index >= 15 is 0 Å². The van der Waals surface area contributed by atoms with E-state index in [-0.39, 0.29) is 0 Å². The first-order valence-corrected chi connectivity index (χ1v) is 6.18. The third-order valence-electron chi connectivity index (χ3n) is 1.71. The average Bonchev–Trinajstić information content (AvgIpc) is 2.27. The van der Waals surface area contributed by atoms with Crippen molar-refractivity contribution in [3.63, 3.8) is 0 Å². The van der Waals surface area contributed by atoms with Crippen LogP contribution in [0.5, 0.6) is 5.75 Å². The molecular formula is C11H17NO3S. The highest BCUT2D eigenvalue weighted by Gasteiger charge is 2.08. The fourth-order valence-electron chi connectivity index (χ4n) is 0.796. The summed E-state index contributed by atoms with van der Waals surface area (Å²) in [7, 11) is 0. The molecule has 0 amide bonds. The third kappa shape index (κ3) is 8.14. The number of aliphatic carboxylic acids is 1. The van der Waals surface area contributed by atoms with Crippen LogP contribution in [0.1, 0.15) is 6.42 Å². The summed E-state index contributed by atoms with van der Waals surface area (Å²) in [6.45, 7) is 0. The minimum absolute atomic E-state index is 0.322. The number of nitrogens with two attached hydrogens (primary N) is 1. The van der Waals surface area contributed by atoms with E-state index < -0.39 is 12.0 Å². The highest BCUT2D eigenvalue weighted by Crippen LogP contribution is 2.02. The van der Waals surface area contributed by atoms with Crippen LogP contribution in [0, 0.1) is 0 Å². The number of para-hydroxylation sites is 1. The standard InChI is InChI=1S/C6H6O.C5H11NO2S/c7-6-4-2-1-3-5-6;1-9-3-2-4(6)5(7)8/h1-5,7H;4H,2-3,6H2,1H3,(H,7,8). The van der Waals surface area contributed by atoms with Gasteiger partial charge in [0.1, 0.15) is 11.8 Å². The van der Waals surface area contributed by atoms with Gasteiger partial charge >= 0.3 is 5.97 Å². The summed E-state index contributed by atoms with van der Waals surface area (Å²) in [4.78, 5) is 10.1. The van der Waals surface area contributed by atoms with Crippen molar-refractivity contribution in [1.29, 1.82) is 0 Å². The van der Waals surface area contributed by atoms with E-state index in [0.29, 0.717) is 12.2 Å². The summed E-state index contributed by atoms with van der Waals surface area (Å²) in [5, 5.41) is 16.9. The Bertz CT molecular complexity index is 293. The lowest BCUT2D eigenvalue weighted by Crippen LogP contribution is -2.30. The van der Waals surface area contributed by atoms with Gasteiger partial charge in [0.2, 0.25) is 0 Å². The van der Waals surface area contributed by atoms with Crippen molar-refractivity contribution in [1.82, 2.24) is 0 Å². The van der Waals surface area contributed by atoms with E-state index in [1.54, 1.807) is 36.0 Å². The van der Waals surface area contributed by atoms with E-state index in [2.05, 4.69) is 0 Å². The number of carboxylic acid groups (broad SMARTS) is 1. The van der Waals surface area contributed by atoms with Crippen molar-refractivity contribution < 1.29 is 15.0 Å². The van der Waals surface area contributed by atoms with E-state index in [4.69, 9.17) is 15.9 Å². The second kappa shape index (κ2) is 9.06. The molecule has 4 nitrogen and oxygen atoms in total. The molecule has 0 aliphatic rings. The van der Waals surface area contributed by atoms with Crippen molar-refractivity contribution in [3.05, 3.63) is 30.3 Å². The quantitative estimate of drug-likeness (QED) is 0.747. The number of benzene rings is 1. The Morgan fingerprint density at radius 3 is 2.31 bits per heavy atom. The Labute approximate surface area is 99.5 Å². The molecule has 1 aromatic rings. The van der Waals surface area contributed by atoms with Crippen LogP contribution >= 0.6 is 11.8 Å². The number of phenols is 1. The minimum atomic E-state index is -0.913. The topological polar surface area (TPSA) is 83.6 Å². The Hall–Kier alpha value is -1.20.